The topological polar surface area (TPSA) is 44.8 Å². The quantitative estimate of drug-likeness (QED) is 0.141. The van der Waals surface area contributed by atoms with Gasteiger partial charge < -0.3 is 13.6 Å². The molecule has 6 heteroatoms. The van der Waals surface area contributed by atoms with E-state index >= 15 is 0 Å². The molecule has 0 spiro atoms. The Hall–Kier alpha value is -0.956. The molecule has 1 fully saturated rings. The summed E-state index contributed by atoms with van der Waals surface area (Å²) in [5.41, 5.74) is -1.34. The van der Waals surface area contributed by atoms with Gasteiger partial charge >= 0.3 is 5.97 Å². The van der Waals surface area contributed by atoms with Gasteiger partial charge in [-0.1, -0.05) is 78.0 Å². The molecule has 2 atom stereocenters. The highest BCUT2D eigenvalue weighted by Crippen LogP contribution is 2.65. The summed E-state index contributed by atoms with van der Waals surface area (Å²) in [4.78, 5) is 13.0. The molecular formula is C26H48O4Si2. The summed E-state index contributed by atoms with van der Waals surface area (Å²) in [5.74, 6) is -0.198. The number of carbonyl (C=O) groups is 1. The molecule has 4 nitrogen and oxygen atoms in total. The third-order valence-corrected chi connectivity index (χ3v) is 16.7. The number of allylic oxidation sites excluding steroid dienone is 4. The molecule has 1 aliphatic carbocycles. The van der Waals surface area contributed by atoms with Crippen LogP contribution in [0.25, 0.3) is 0 Å². The molecule has 32 heavy (non-hydrogen) atoms. The molecule has 0 aromatic carbocycles. The third-order valence-electron chi connectivity index (χ3n) is 7.71. The molecule has 0 N–H and O–H groups in total. The fourth-order valence-corrected chi connectivity index (χ4v) is 5.84. The van der Waals surface area contributed by atoms with Crippen molar-refractivity contribution in [2.75, 3.05) is 13.7 Å². The molecule has 1 rings (SSSR count). The summed E-state index contributed by atoms with van der Waals surface area (Å²) in [6.07, 6.45) is 13.4. The normalized spacial score (nSPS) is 25.2. The van der Waals surface area contributed by atoms with Crippen LogP contribution in [0, 0.1) is 5.41 Å². The molecule has 1 aliphatic rings. The van der Waals surface area contributed by atoms with Crippen LogP contribution >= 0.6 is 0 Å². The van der Waals surface area contributed by atoms with Crippen LogP contribution in [0.5, 0.6) is 0 Å². The first-order valence-electron chi connectivity index (χ1n) is 11.8. The van der Waals surface area contributed by atoms with Gasteiger partial charge in [-0.2, -0.15) is 0 Å². The number of hydrogen-bond acceptors (Lipinski definition) is 4. The Morgan fingerprint density at radius 1 is 0.938 bits per heavy atom. The Labute approximate surface area is 199 Å². The van der Waals surface area contributed by atoms with Crippen molar-refractivity contribution in [1.29, 1.82) is 0 Å². The monoisotopic (exact) mass is 480 g/mol. The maximum Gasteiger partial charge on any atom is 0.315 e. The Bertz CT molecular complexity index is 738. The molecule has 0 amide bonds. The number of rotatable bonds is 10. The standard InChI is InChI=1S/C26H48O4Si2/c1-13-14-15-16-18-25(22(27)28-8)21-26(25,30-32(11,12)24(5,6)7)19-17-20-29-31(9,10)23(2,3)4/h13-17,19H,18,20-21H2,1-12H3/b14-13+,16-15+,19-17+. The largest absolute Gasteiger partial charge is 0.468 e. The van der Waals surface area contributed by atoms with Crippen molar-refractivity contribution in [3.63, 3.8) is 0 Å². The Morgan fingerprint density at radius 3 is 1.97 bits per heavy atom. The summed E-state index contributed by atoms with van der Waals surface area (Å²) in [5, 5.41) is 0.194. The van der Waals surface area contributed by atoms with Crippen molar-refractivity contribution >= 4 is 22.6 Å². The fourth-order valence-electron chi connectivity index (χ4n) is 3.34. The molecule has 184 valence electrons. The average molecular weight is 481 g/mol. The molecule has 0 radical (unpaired) electrons. The number of carbonyl (C=O) groups excluding carboxylic acids is 1. The van der Waals surface area contributed by atoms with Crippen molar-refractivity contribution in [2.45, 2.75) is 103 Å². The first kappa shape index (κ1) is 29.1. The van der Waals surface area contributed by atoms with E-state index < -0.39 is 27.7 Å². The van der Waals surface area contributed by atoms with Crippen molar-refractivity contribution in [3.05, 3.63) is 36.5 Å². The highest BCUT2D eigenvalue weighted by Gasteiger charge is 2.73. The van der Waals surface area contributed by atoms with E-state index in [1.165, 1.54) is 7.11 Å². The molecule has 2 unspecified atom stereocenters. The van der Waals surface area contributed by atoms with E-state index in [4.69, 9.17) is 13.6 Å². The second-order valence-corrected chi connectivity index (χ2v) is 21.7. The summed E-state index contributed by atoms with van der Waals surface area (Å²) < 4.78 is 18.6. The van der Waals surface area contributed by atoms with E-state index in [0.29, 0.717) is 19.4 Å². The van der Waals surface area contributed by atoms with Gasteiger partial charge in [-0.25, -0.2) is 0 Å². The van der Waals surface area contributed by atoms with Gasteiger partial charge in [0.05, 0.1) is 19.3 Å². The fraction of sp³-hybridized carbons (Fsp3) is 0.731. The molecule has 1 saturated carbocycles. The zero-order valence-corrected chi connectivity index (χ0v) is 24.7. The highest BCUT2D eigenvalue weighted by molar-refractivity contribution is 6.74. The van der Waals surface area contributed by atoms with E-state index in [0.717, 1.165) is 0 Å². The summed E-state index contributed by atoms with van der Waals surface area (Å²) in [6, 6.07) is 0. The van der Waals surface area contributed by atoms with Crippen LogP contribution in [0.4, 0.5) is 0 Å². The molecular weight excluding hydrogens is 432 g/mol. The van der Waals surface area contributed by atoms with Crippen molar-refractivity contribution in [2.24, 2.45) is 5.41 Å². The Morgan fingerprint density at radius 2 is 1.50 bits per heavy atom. The predicted molar refractivity (Wildman–Crippen MR) is 141 cm³/mol. The third kappa shape index (κ3) is 6.34. The second kappa shape index (κ2) is 10.1. The summed E-state index contributed by atoms with van der Waals surface area (Å²) in [6.45, 7) is 24.9. The minimum Gasteiger partial charge on any atom is -0.468 e. The molecule has 0 aromatic heterocycles. The van der Waals surface area contributed by atoms with Crippen molar-refractivity contribution < 1.29 is 18.4 Å². The van der Waals surface area contributed by atoms with Gasteiger partial charge in [0.25, 0.3) is 0 Å². The number of ether oxygens (including phenoxy) is 1. The van der Waals surface area contributed by atoms with Crippen LogP contribution in [0.2, 0.25) is 36.3 Å². The Balaban J connectivity index is 3.27. The van der Waals surface area contributed by atoms with Crippen LogP contribution in [0.1, 0.15) is 61.3 Å². The average Bonchev–Trinajstić information content (AvgIpc) is 3.27. The molecule has 0 heterocycles. The van der Waals surface area contributed by atoms with Crippen molar-refractivity contribution in [1.82, 2.24) is 0 Å². The van der Waals surface area contributed by atoms with Crippen LogP contribution < -0.4 is 0 Å². The van der Waals surface area contributed by atoms with Crippen LogP contribution in [-0.4, -0.2) is 41.9 Å². The number of hydrogen-bond donors (Lipinski definition) is 0. The molecule has 0 saturated heterocycles. The predicted octanol–water partition coefficient (Wildman–Crippen LogP) is 7.41. The van der Waals surface area contributed by atoms with E-state index in [2.05, 4.69) is 79.9 Å². The van der Waals surface area contributed by atoms with Crippen LogP contribution in [0.3, 0.4) is 0 Å². The van der Waals surface area contributed by atoms with E-state index in [-0.39, 0.29) is 16.0 Å². The maximum atomic E-state index is 13.0. The molecule has 0 aliphatic heterocycles. The lowest BCUT2D eigenvalue weighted by Crippen LogP contribution is -2.47. The maximum absolute atomic E-state index is 13.0. The van der Waals surface area contributed by atoms with E-state index in [1.807, 2.05) is 31.2 Å². The molecule has 0 aromatic rings. The summed E-state index contributed by atoms with van der Waals surface area (Å²) in [7, 11) is -2.51. The van der Waals surface area contributed by atoms with E-state index in [1.54, 1.807) is 0 Å². The first-order chi connectivity index (χ1) is 14.4. The van der Waals surface area contributed by atoms with Gasteiger partial charge in [0.1, 0.15) is 5.41 Å². The lowest BCUT2D eigenvalue weighted by atomic mass is 9.96. The zero-order valence-electron chi connectivity index (χ0n) is 22.7. The number of esters is 1. The lowest BCUT2D eigenvalue weighted by Gasteiger charge is -2.40. The van der Waals surface area contributed by atoms with Gasteiger partial charge in [-0.05, 0) is 56.0 Å². The van der Waals surface area contributed by atoms with Gasteiger partial charge in [-0.3, -0.25) is 4.79 Å². The minimum absolute atomic E-state index is 0.0384. The van der Waals surface area contributed by atoms with Crippen molar-refractivity contribution in [3.8, 4) is 0 Å². The van der Waals surface area contributed by atoms with Crippen LogP contribution in [-0.2, 0) is 18.4 Å². The smallest absolute Gasteiger partial charge is 0.315 e. The SMILES string of the molecule is C/C=C/C=C/CC1(C(=O)OC)CC1(/C=C/CO[Si](C)(C)C(C)(C)C)O[Si](C)(C)C(C)(C)C. The molecule has 0 bridgehead atoms. The van der Waals surface area contributed by atoms with Gasteiger partial charge in [0, 0.05) is 0 Å². The minimum atomic E-state index is -2.14. The Kier molecular flexibility index (Phi) is 9.19. The zero-order chi connectivity index (χ0) is 25.1. The van der Waals surface area contributed by atoms with Gasteiger partial charge in [0.15, 0.2) is 16.6 Å². The second-order valence-electron chi connectivity index (χ2n) is 12.1. The van der Waals surface area contributed by atoms with Crippen LogP contribution in [0.15, 0.2) is 36.5 Å². The lowest BCUT2D eigenvalue weighted by molar-refractivity contribution is -0.149. The first-order valence-corrected chi connectivity index (χ1v) is 17.6. The summed E-state index contributed by atoms with van der Waals surface area (Å²) >= 11 is 0. The highest BCUT2D eigenvalue weighted by atomic mass is 28.4. The van der Waals surface area contributed by atoms with E-state index in [9.17, 15) is 4.79 Å². The van der Waals surface area contributed by atoms with Gasteiger partial charge in [-0.15, -0.1) is 0 Å². The number of methoxy groups -OCH3 is 1. The van der Waals surface area contributed by atoms with Gasteiger partial charge in [0.2, 0.25) is 0 Å².